The molecule has 4 nitrogen and oxygen atoms in total. The van der Waals surface area contributed by atoms with E-state index in [0.717, 1.165) is 18.6 Å². The molecule has 1 heterocycles. The van der Waals surface area contributed by atoms with Crippen LogP contribution in [0.4, 0.5) is 8.78 Å². The van der Waals surface area contributed by atoms with Crippen LogP contribution in [0.15, 0.2) is 23.1 Å². The molecule has 1 aliphatic rings. The van der Waals surface area contributed by atoms with E-state index in [4.69, 9.17) is 0 Å². The van der Waals surface area contributed by atoms with Crippen LogP contribution >= 0.6 is 0 Å². The van der Waals surface area contributed by atoms with Gasteiger partial charge in [0.25, 0.3) is 0 Å². The maximum atomic E-state index is 13.6. The number of rotatable bonds is 3. The lowest BCUT2D eigenvalue weighted by Gasteiger charge is -2.34. The zero-order valence-corrected chi connectivity index (χ0v) is 12.2. The van der Waals surface area contributed by atoms with Gasteiger partial charge >= 0.3 is 0 Å². The van der Waals surface area contributed by atoms with Crippen LogP contribution in [0.3, 0.4) is 0 Å². The average Bonchev–Trinajstić information content (AvgIpc) is 2.32. The molecule has 1 aliphatic heterocycles. The van der Waals surface area contributed by atoms with Gasteiger partial charge in [0.05, 0.1) is 0 Å². The van der Waals surface area contributed by atoms with Crippen molar-refractivity contribution < 1.29 is 17.2 Å². The molecule has 2 N–H and O–H groups in total. The summed E-state index contributed by atoms with van der Waals surface area (Å²) < 4.78 is 53.2. The number of piperidine rings is 1. The summed E-state index contributed by atoms with van der Waals surface area (Å²) in [7, 11) is -3.99. The topological polar surface area (TPSA) is 58.2 Å². The summed E-state index contributed by atoms with van der Waals surface area (Å²) >= 11 is 0. The summed E-state index contributed by atoms with van der Waals surface area (Å²) in [5.74, 6) is -1.88. The number of hydrogen-bond donors (Lipinski definition) is 2. The van der Waals surface area contributed by atoms with Gasteiger partial charge in [0, 0.05) is 24.2 Å². The second-order valence-corrected chi connectivity index (χ2v) is 6.92. The van der Waals surface area contributed by atoms with E-state index in [9.17, 15) is 17.2 Å². The van der Waals surface area contributed by atoms with Crippen LogP contribution < -0.4 is 10.0 Å². The Kier molecular flexibility index (Phi) is 4.41. The van der Waals surface area contributed by atoms with Crippen molar-refractivity contribution in [1.29, 1.82) is 0 Å². The Morgan fingerprint density at radius 1 is 1.25 bits per heavy atom. The van der Waals surface area contributed by atoms with Crippen LogP contribution in [-0.4, -0.2) is 26.5 Å². The third-order valence-electron chi connectivity index (χ3n) is 3.55. The fourth-order valence-electron chi connectivity index (χ4n) is 2.44. The zero-order chi connectivity index (χ0) is 14.9. The summed E-state index contributed by atoms with van der Waals surface area (Å²) in [6.45, 7) is 3.91. The van der Waals surface area contributed by atoms with Crippen LogP contribution in [0.1, 0.15) is 26.7 Å². The van der Waals surface area contributed by atoms with Gasteiger partial charge in [0.2, 0.25) is 10.0 Å². The molecule has 0 saturated carbocycles. The average molecular weight is 304 g/mol. The van der Waals surface area contributed by atoms with Crippen molar-refractivity contribution in [3.8, 4) is 0 Å². The molecule has 1 aromatic rings. The summed E-state index contributed by atoms with van der Waals surface area (Å²) in [6.07, 6.45) is 1.51. The molecule has 2 rings (SSSR count). The molecular formula is C13H18F2N2O2S. The van der Waals surface area contributed by atoms with E-state index < -0.39 is 26.6 Å². The van der Waals surface area contributed by atoms with Crippen molar-refractivity contribution in [2.75, 3.05) is 0 Å². The van der Waals surface area contributed by atoms with E-state index in [1.807, 2.05) is 13.8 Å². The monoisotopic (exact) mass is 304 g/mol. The normalized spacial score (nSPS) is 27.5. The van der Waals surface area contributed by atoms with Gasteiger partial charge in [0.15, 0.2) is 0 Å². The van der Waals surface area contributed by atoms with E-state index >= 15 is 0 Å². The Morgan fingerprint density at radius 3 is 2.55 bits per heavy atom. The van der Waals surface area contributed by atoms with Crippen molar-refractivity contribution in [3.05, 3.63) is 29.8 Å². The predicted molar refractivity (Wildman–Crippen MR) is 71.8 cm³/mol. The number of nitrogens with one attached hydrogen (secondary N) is 2. The van der Waals surface area contributed by atoms with E-state index in [1.165, 1.54) is 0 Å². The second kappa shape index (κ2) is 5.75. The molecule has 0 spiro atoms. The van der Waals surface area contributed by atoms with E-state index in [-0.39, 0.29) is 12.1 Å². The van der Waals surface area contributed by atoms with Crippen molar-refractivity contribution in [3.63, 3.8) is 0 Å². The predicted octanol–water partition coefficient (Wildman–Crippen LogP) is 1.77. The second-order valence-electron chi connectivity index (χ2n) is 5.24. The van der Waals surface area contributed by atoms with Crippen molar-refractivity contribution in [1.82, 2.24) is 10.0 Å². The first kappa shape index (κ1) is 15.3. The van der Waals surface area contributed by atoms with Gasteiger partial charge < -0.3 is 5.32 Å². The Hall–Kier alpha value is -1.05. The molecule has 3 atom stereocenters. The number of halogens is 2. The number of hydrogen-bond acceptors (Lipinski definition) is 3. The third-order valence-corrected chi connectivity index (χ3v) is 5.07. The number of benzene rings is 1. The SMILES string of the molecule is CC1CCC(NS(=O)(=O)c2ccc(F)cc2F)C(C)N1. The molecule has 0 radical (unpaired) electrons. The van der Waals surface area contributed by atoms with Crippen LogP contribution in [0.2, 0.25) is 0 Å². The maximum Gasteiger partial charge on any atom is 0.243 e. The fraction of sp³-hybridized carbons (Fsp3) is 0.538. The Balaban J connectivity index is 2.19. The van der Waals surface area contributed by atoms with Crippen molar-refractivity contribution in [2.24, 2.45) is 0 Å². The molecule has 7 heteroatoms. The van der Waals surface area contributed by atoms with E-state index in [1.54, 1.807) is 0 Å². The minimum absolute atomic E-state index is 0.0444. The van der Waals surface area contributed by atoms with E-state index in [0.29, 0.717) is 18.5 Å². The highest BCUT2D eigenvalue weighted by molar-refractivity contribution is 7.89. The third kappa shape index (κ3) is 3.34. The molecule has 3 unspecified atom stereocenters. The first-order valence-corrected chi connectivity index (χ1v) is 8.01. The molecule has 20 heavy (non-hydrogen) atoms. The van der Waals surface area contributed by atoms with Crippen molar-refractivity contribution in [2.45, 2.75) is 49.7 Å². The van der Waals surface area contributed by atoms with Gasteiger partial charge in [-0.3, -0.25) is 0 Å². The molecule has 1 fully saturated rings. The molecule has 1 saturated heterocycles. The highest BCUT2D eigenvalue weighted by atomic mass is 32.2. The lowest BCUT2D eigenvalue weighted by molar-refractivity contribution is 0.296. The Morgan fingerprint density at radius 2 is 1.95 bits per heavy atom. The summed E-state index contributed by atoms with van der Waals surface area (Å²) in [4.78, 5) is -0.523. The summed E-state index contributed by atoms with van der Waals surface area (Å²) in [6, 6.07) is 2.42. The molecule has 0 aromatic heterocycles. The molecule has 0 aliphatic carbocycles. The maximum absolute atomic E-state index is 13.6. The lowest BCUT2D eigenvalue weighted by atomic mass is 9.96. The van der Waals surface area contributed by atoms with Gasteiger partial charge in [-0.2, -0.15) is 0 Å². The molecule has 112 valence electrons. The first-order valence-electron chi connectivity index (χ1n) is 6.53. The number of sulfonamides is 1. The largest absolute Gasteiger partial charge is 0.310 e. The van der Waals surface area contributed by atoms with Crippen molar-refractivity contribution >= 4 is 10.0 Å². The molecule has 1 aromatic carbocycles. The van der Waals surface area contributed by atoms with Gasteiger partial charge in [-0.15, -0.1) is 0 Å². The van der Waals surface area contributed by atoms with Gasteiger partial charge in [0.1, 0.15) is 16.5 Å². The van der Waals surface area contributed by atoms with Gasteiger partial charge in [-0.25, -0.2) is 21.9 Å². The highest BCUT2D eigenvalue weighted by Gasteiger charge is 2.30. The highest BCUT2D eigenvalue weighted by Crippen LogP contribution is 2.19. The summed E-state index contributed by atoms with van der Waals surface area (Å²) in [5, 5.41) is 3.25. The smallest absolute Gasteiger partial charge is 0.243 e. The first-order chi connectivity index (χ1) is 9.29. The zero-order valence-electron chi connectivity index (χ0n) is 11.4. The Labute approximate surface area is 117 Å². The van der Waals surface area contributed by atoms with Crippen LogP contribution in [0, 0.1) is 11.6 Å². The summed E-state index contributed by atoms with van der Waals surface area (Å²) in [5.41, 5.74) is 0. The van der Waals surface area contributed by atoms with Crippen LogP contribution in [0.5, 0.6) is 0 Å². The van der Waals surface area contributed by atoms with Crippen LogP contribution in [-0.2, 0) is 10.0 Å². The molecule has 0 amide bonds. The minimum Gasteiger partial charge on any atom is -0.310 e. The molecular weight excluding hydrogens is 286 g/mol. The Bertz CT molecular complexity index is 592. The van der Waals surface area contributed by atoms with Crippen LogP contribution in [0.25, 0.3) is 0 Å². The minimum atomic E-state index is -3.99. The van der Waals surface area contributed by atoms with Gasteiger partial charge in [-0.1, -0.05) is 0 Å². The fourth-order valence-corrected chi connectivity index (χ4v) is 3.86. The van der Waals surface area contributed by atoms with Gasteiger partial charge in [-0.05, 0) is 38.8 Å². The standard InChI is InChI=1S/C13H18F2N2O2S/c1-8-3-5-12(9(2)16-8)17-20(18,19)13-6-4-10(14)7-11(13)15/h4,6-9,12,16-17H,3,5H2,1-2H3. The van der Waals surface area contributed by atoms with E-state index in [2.05, 4.69) is 10.0 Å². The quantitative estimate of drug-likeness (QED) is 0.895. The molecule has 0 bridgehead atoms. The lowest BCUT2D eigenvalue weighted by Crippen LogP contribution is -2.54.